The Morgan fingerprint density at radius 1 is 1.31 bits per heavy atom. The maximum Gasteiger partial charge on any atom is 0.225 e. The van der Waals surface area contributed by atoms with Gasteiger partial charge < -0.3 is 10.6 Å². The highest BCUT2D eigenvalue weighted by molar-refractivity contribution is 5.78. The molecule has 2 saturated carbocycles. The zero-order chi connectivity index (χ0) is 9.59. The van der Waals surface area contributed by atoms with Gasteiger partial charge in [-0.2, -0.15) is 0 Å². The van der Waals surface area contributed by atoms with Gasteiger partial charge in [0.1, 0.15) is 0 Å². The van der Waals surface area contributed by atoms with Gasteiger partial charge in [0.25, 0.3) is 0 Å². The van der Waals surface area contributed by atoms with Crippen LogP contribution < -0.4 is 5.73 Å². The molecular weight excluding hydrogens is 164 g/mol. The molecule has 2 rings (SSSR count). The molecule has 1 amide bonds. The standard InChI is InChI=1S/C10H18N2O/c1-12(2)10(13)7-3-6-5-9(11)8(6)4-7/h6-9H,3-5,11H2,1-2H3/t6-,7?,8-,9+/m1/s1. The second kappa shape index (κ2) is 2.98. The van der Waals surface area contributed by atoms with E-state index in [4.69, 9.17) is 5.73 Å². The summed E-state index contributed by atoms with van der Waals surface area (Å²) in [4.78, 5) is 13.4. The fraction of sp³-hybridized carbons (Fsp3) is 0.900. The van der Waals surface area contributed by atoms with E-state index in [-0.39, 0.29) is 5.92 Å². The van der Waals surface area contributed by atoms with Crippen molar-refractivity contribution in [2.24, 2.45) is 23.5 Å². The van der Waals surface area contributed by atoms with Crippen LogP contribution in [-0.2, 0) is 4.79 Å². The first-order valence-corrected chi connectivity index (χ1v) is 5.06. The van der Waals surface area contributed by atoms with E-state index in [2.05, 4.69) is 0 Å². The van der Waals surface area contributed by atoms with Crippen molar-refractivity contribution in [1.29, 1.82) is 0 Å². The van der Waals surface area contributed by atoms with Gasteiger partial charge in [0, 0.05) is 26.1 Å². The number of carbonyl (C=O) groups is 1. The SMILES string of the molecule is CN(C)C(=O)C1C[C@@H]2C[C@H](N)[C@@H]2C1. The summed E-state index contributed by atoms with van der Waals surface area (Å²) in [6.45, 7) is 0. The van der Waals surface area contributed by atoms with Crippen LogP contribution >= 0.6 is 0 Å². The highest BCUT2D eigenvalue weighted by Gasteiger charge is 2.47. The lowest BCUT2D eigenvalue weighted by molar-refractivity contribution is -0.132. The lowest BCUT2D eigenvalue weighted by atomic mass is 9.72. The minimum atomic E-state index is 0.263. The summed E-state index contributed by atoms with van der Waals surface area (Å²) in [5.74, 6) is 1.96. The van der Waals surface area contributed by atoms with Gasteiger partial charge in [-0.25, -0.2) is 0 Å². The molecule has 3 heteroatoms. The molecule has 13 heavy (non-hydrogen) atoms. The molecule has 0 aromatic rings. The average Bonchev–Trinajstić information content (AvgIpc) is 2.41. The van der Waals surface area contributed by atoms with Crippen LogP contribution in [0.15, 0.2) is 0 Å². The molecule has 74 valence electrons. The van der Waals surface area contributed by atoms with Crippen LogP contribution in [0.2, 0.25) is 0 Å². The third-order valence-corrected chi connectivity index (χ3v) is 3.66. The molecule has 0 aliphatic heterocycles. The predicted molar refractivity (Wildman–Crippen MR) is 51.0 cm³/mol. The Hall–Kier alpha value is -0.570. The summed E-state index contributed by atoms with van der Waals surface area (Å²) in [5, 5.41) is 0. The Kier molecular flexibility index (Phi) is 2.06. The Labute approximate surface area is 79.3 Å². The van der Waals surface area contributed by atoms with Gasteiger partial charge in [-0.05, 0) is 31.1 Å². The Morgan fingerprint density at radius 2 is 2.00 bits per heavy atom. The predicted octanol–water partition coefficient (Wildman–Crippen LogP) is 0.448. The molecule has 2 aliphatic rings. The van der Waals surface area contributed by atoms with Crippen LogP contribution in [0, 0.1) is 17.8 Å². The normalized spacial score (nSPS) is 42.4. The molecule has 0 aromatic carbocycles. The fourth-order valence-electron chi connectivity index (χ4n) is 2.85. The number of hydrogen-bond donors (Lipinski definition) is 1. The minimum Gasteiger partial charge on any atom is -0.349 e. The van der Waals surface area contributed by atoms with E-state index in [0.717, 1.165) is 25.2 Å². The zero-order valence-corrected chi connectivity index (χ0v) is 8.36. The summed E-state index contributed by atoms with van der Waals surface area (Å²) in [6, 6.07) is 0.380. The molecular formula is C10H18N2O. The molecule has 2 N–H and O–H groups in total. The maximum atomic E-state index is 11.7. The van der Waals surface area contributed by atoms with Crippen molar-refractivity contribution in [1.82, 2.24) is 4.90 Å². The topological polar surface area (TPSA) is 46.3 Å². The number of rotatable bonds is 1. The Morgan fingerprint density at radius 3 is 2.46 bits per heavy atom. The van der Waals surface area contributed by atoms with E-state index in [1.807, 2.05) is 14.1 Å². The maximum absolute atomic E-state index is 11.7. The number of carbonyl (C=O) groups excluding carboxylic acids is 1. The van der Waals surface area contributed by atoms with E-state index < -0.39 is 0 Å². The highest BCUT2D eigenvalue weighted by Crippen LogP contribution is 2.49. The van der Waals surface area contributed by atoms with Gasteiger partial charge in [0.05, 0.1) is 0 Å². The van der Waals surface area contributed by atoms with E-state index >= 15 is 0 Å². The minimum absolute atomic E-state index is 0.263. The van der Waals surface area contributed by atoms with Crippen LogP contribution in [0.4, 0.5) is 0 Å². The number of fused-ring (bicyclic) bond motifs is 1. The van der Waals surface area contributed by atoms with Crippen molar-refractivity contribution in [2.75, 3.05) is 14.1 Å². The summed E-state index contributed by atoms with van der Waals surface area (Å²) in [5.41, 5.74) is 5.88. The molecule has 1 unspecified atom stereocenters. The van der Waals surface area contributed by atoms with Gasteiger partial charge in [-0.1, -0.05) is 0 Å². The zero-order valence-electron chi connectivity index (χ0n) is 8.36. The van der Waals surface area contributed by atoms with Crippen LogP contribution in [0.5, 0.6) is 0 Å². The van der Waals surface area contributed by atoms with Gasteiger partial charge in [-0.15, -0.1) is 0 Å². The van der Waals surface area contributed by atoms with Gasteiger partial charge in [0.2, 0.25) is 5.91 Å². The molecule has 0 spiro atoms. The second-order valence-corrected chi connectivity index (χ2v) is 4.72. The number of hydrogen-bond acceptors (Lipinski definition) is 2. The first-order valence-electron chi connectivity index (χ1n) is 5.06. The molecule has 0 saturated heterocycles. The van der Waals surface area contributed by atoms with Gasteiger partial charge >= 0.3 is 0 Å². The average molecular weight is 182 g/mol. The summed E-state index contributed by atoms with van der Waals surface area (Å²) >= 11 is 0. The van der Waals surface area contributed by atoms with Crippen molar-refractivity contribution in [2.45, 2.75) is 25.3 Å². The van der Waals surface area contributed by atoms with Crippen LogP contribution in [0.25, 0.3) is 0 Å². The molecule has 0 aromatic heterocycles. The lowest BCUT2D eigenvalue weighted by Gasteiger charge is -2.37. The molecule has 2 aliphatic carbocycles. The third kappa shape index (κ3) is 1.35. The summed E-state index contributed by atoms with van der Waals surface area (Å²) < 4.78 is 0. The second-order valence-electron chi connectivity index (χ2n) is 4.72. The fourth-order valence-corrected chi connectivity index (χ4v) is 2.85. The Bertz CT molecular complexity index is 227. The monoisotopic (exact) mass is 182 g/mol. The van der Waals surface area contributed by atoms with E-state index in [0.29, 0.717) is 17.9 Å². The molecule has 0 heterocycles. The number of amides is 1. The Balaban J connectivity index is 1.95. The van der Waals surface area contributed by atoms with Crippen molar-refractivity contribution in [3.05, 3.63) is 0 Å². The highest BCUT2D eigenvalue weighted by atomic mass is 16.2. The molecule has 2 fully saturated rings. The van der Waals surface area contributed by atoms with E-state index in [9.17, 15) is 4.79 Å². The number of nitrogens with zero attached hydrogens (tertiary/aromatic N) is 1. The molecule has 3 nitrogen and oxygen atoms in total. The van der Waals surface area contributed by atoms with Gasteiger partial charge in [-0.3, -0.25) is 4.79 Å². The van der Waals surface area contributed by atoms with Crippen LogP contribution in [0.3, 0.4) is 0 Å². The van der Waals surface area contributed by atoms with E-state index in [1.165, 1.54) is 0 Å². The first kappa shape index (κ1) is 9.00. The van der Waals surface area contributed by atoms with Crippen LogP contribution in [-0.4, -0.2) is 30.9 Å². The third-order valence-electron chi connectivity index (χ3n) is 3.66. The van der Waals surface area contributed by atoms with Crippen molar-refractivity contribution >= 4 is 5.91 Å². The number of nitrogens with two attached hydrogens (primary N) is 1. The van der Waals surface area contributed by atoms with Crippen molar-refractivity contribution in [3.63, 3.8) is 0 Å². The molecule has 0 bridgehead atoms. The molecule has 4 atom stereocenters. The summed E-state index contributed by atoms with van der Waals surface area (Å²) in [7, 11) is 3.67. The van der Waals surface area contributed by atoms with Crippen LogP contribution in [0.1, 0.15) is 19.3 Å². The molecule has 0 radical (unpaired) electrons. The first-order chi connectivity index (χ1) is 6.09. The summed E-state index contributed by atoms with van der Waals surface area (Å²) in [6.07, 6.45) is 3.25. The largest absolute Gasteiger partial charge is 0.349 e. The smallest absolute Gasteiger partial charge is 0.225 e. The van der Waals surface area contributed by atoms with Crippen molar-refractivity contribution < 1.29 is 4.79 Å². The van der Waals surface area contributed by atoms with Crippen molar-refractivity contribution in [3.8, 4) is 0 Å². The van der Waals surface area contributed by atoms with Gasteiger partial charge in [0.15, 0.2) is 0 Å². The quantitative estimate of drug-likeness (QED) is 0.640. The van der Waals surface area contributed by atoms with E-state index in [1.54, 1.807) is 4.90 Å². The lowest BCUT2D eigenvalue weighted by Crippen LogP contribution is -2.44.